The number of β-lactam (4-membered cyclic amide) rings is 1. The Bertz CT molecular complexity index is 744. The molecule has 4 N–H and O–H groups in total. The number of aliphatic carboxylic acids is 2. The number of hydrogen-bond donors (Lipinski definition) is 3. The van der Waals surface area contributed by atoms with E-state index in [1.807, 2.05) is 0 Å². The van der Waals surface area contributed by atoms with Gasteiger partial charge in [-0.1, -0.05) is 0 Å². The zero-order valence-corrected chi connectivity index (χ0v) is 18.8. The molecule has 0 aliphatic carbocycles. The van der Waals surface area contributed by atoms with Crippen molar-refractivity contribution in [3.63, 3.8) is 0 Å². The molecule has 13 heteroatoms. The third kappa shape index (κ3) is 6.19. The molecule has 0 bridgehead atoms. The van der Waals surface area contributed by atoms with E-state index in [9.17, 15) is 29.1 Å². The van der Waals surface area contributed by atoms with Crippen molar-refractivity contribution < 1.29 is 68.5 Å². The minimum Gasteiger partial charge on any atom is -0.543 e. The molecule has 0 radical (unpaired) electrons. The maximum Gasteiger partial charge on any atom is 1.00 e. The van der Waals surface area contributed by atoms with Gasteiger partial charge in [-0.15, -0.1) is 11.8 Å². The molecule has 1 saturated heterocycles. The van der Waals surface area contributed by atoms with E-state index < -0.39 is 47.2 Å². The zero-order valence-electron chi connectivity index (χ0n) is 16.0. The quantitative estimate of drug-likeness (QED) is 0.179. The van der Waals surface area contributed by atoms with E-state index >= 15 is 0 Å². The summed E-state index contributed by atoms with van der Waals surface area (Å²) in [4.78, 5) is 58.4. The summed E-state index contributed by atoms with van der Waals surface area (Å²) in [5.74, 6) is -4.17. The molecule has 2 amide bonds. The van der Waals surface area contributed by atoms with Gasteiger partial charge in [-0.05, 0) is 12.8 Å². The number of carbonyl (C=O) groups excluding carboxylic acids is 4. The number of hydrogen-bond acceptors (Lipinski definition) is 9. The molecule has 154 valence electrons. The second-order valence-electron chi connectivity index (χ2n) is 6.31. The van der Waals surface area contributed by atoms with Crippen molar-refractivity contribution in [3.05, 3.63) is 11.3 Å². The Kier molecular flexibility index (Phi) is 9.62. The van der Waals surface area contributed by atoms with Crippen molar-refractivity contribution in [1.29, 1.82) is 0 Å². The second-order valence-corrected chi connectivity index (χ2v) is 7.42. The van der Waals surface area contributed by atoms with Crippen LogP contribution >= 0.6 is 11.8 Å². The molecule has 0 saturated carbocycles. The van der Waals surface area contributed by atoms with Crippen LogP contribution in [0.3, 0.4) is 0 Å². The summed E-state index contributed by atoms with van der Waals surface area (Å²) >= 11 is 1.23. The molecular weight excluding hydrogens is 417 g/mol. The van der Waals surface area contributed by atoms with Crippen molar-refractivity contribution >= 4 is 41.5 Å². The third-order valence-electron chi connectivity index (χ3n) is 4.24. The van der Waals surface area contributed by atoms with Crippen molar-refractivity contribution in [1.82, 2.24) is 10.2 Å². The van der Waals surface area contributed by atoms with Gasteiger partial charge in [-0.2, -0.15) is 0 Å². The molecule has 0 aromatic carbocycles. The van der Waals surface area contributed by atoms with Crippen molar-refractivity contribution in [3.8, 4) is 0 Å². The van der Waals surface area contributed by atoms with E-state index in [4.69, 9.17) is 15.6 Å². The molecule has 2 aliphatic heterocycles. The maximum atomic E-state index is 12.4. The van der Waals surface area contributed by atoms with Crippen LogP contribution in [0.5, 0.6) is 0 Å². The van der Waals surface area contributed by atoms with Gasteiger partial charge in [0.15, 0.2) is 0 Å². The number of nitrogens with two attached hydrogens (primary N) is 1. The smallest absolute Gasteiger partial charge is 0.543 e. The van der Waals surface area contributed by atoms with E-state index in [2.05, 4.69) is 5.32 Å². The van der Waals surface area contributed by atoms with Gasteiger partial charge in [0.05, 0.1) is 11.7 Å². The molecule has 3 unspecified atom stereocenters. The molecule has 29 heavy (non-hydrogen) atoms. The van der Waals surface area contributed by atoms with Gasteiger partial charge in [0, 0.05) is 24.7 Å². The van der Waals surface area contributed by atoms with Crippen LogP contribution in [-0.4, -0.2) is 69.5 Å². The molecule has 2 aliphatic rings. The Morgan fingerprint density at radius 3 is 2.62 bits per heavy atom. The number of nitrogens with one attached hydrogen (secondary N) is 1. The Morgan fingerprint density at radius 2 is 2.07 bits per heavy atom. The Morgan fingerprint density at radius 1 is 1.41 bits per heavy atom. The first-order valence-corrected chi connectivity index (χ1v) is 9.47. The fraction of sp³-hybridized carbons (Fsp3) is 0.562. The van der Waals surface area contributed by atoms with Gasteiger partial charge >= 0.3 is 41.5 Å². The van der Waals surface area contributed by atoms with Crippen molar-refractivity contribution in [2.45, 2.75) is 43.6 Å². The molecule has 11 nitrogen and oxygen atoms in total. The predicted molar refractivity (Wildman–Crippen MR) is 93.2 cm³/mol. The average molecular weight is 437 g/mol. The number of ether oxygens (including phenoxy) is 1. The minimum absolute atomic E-state index is 0. The maximum absolute atomic E-state index is 12.4. The number of carbonyl (C=O) groups is 5. The second kappa shape index (κ2) is 11.0. The first-order valence-electron chi connectivity index (χ1n) is 8.42. The predicted octanol–water partition coefficient (Wildman–Crippen LogP) is -5.46. The van der Waals surface area contributed by atoms with Crippen molar-refractivity contribution in [2.24, 2.45) is 5.73 Å². The normalized spacial score (nSPS) is 21.3. The fourth-order valence-electron chi connectivity index (χ4n) is 2.82. The summed E-state index contributed by atoms with van der Waals surface area (Å²) in [5.41, 5.74) is 5.26. The molecule has 2 rings (SSSR count). The van der Waals surface area contributed by atoms with Crippen LogP contribution < -0.4 is 45.7 Å². The van der Waals surface area contributed by atoms with Crippen LogP contribution in [0.25, 0.3) is 0 Å². The number of amides is 2. The Labute approximate surface area is 192 Å². The summed E-state index contributed by atoms with van der Waals surface area (Å²) in [6, 6.07) is -1.95. The molecular formula is C16H20N3NaO8S. The Hall–Kier alpha value is -1.60. The molecule has 1 fully saturated rings. The van der Waals surface area contributed by atoms with E-state index in [0.29, 0.717) is 0 Å². The molecule has 0 aromatic rings. The Balaban J connectivity index is 0.00000420. The first-order chi connectivity index (χ1) is 13.1. The molecule has 0 spiro atoms. The standard InChI is InChI=1S/C16H21N3O8S.Na/c1-7(20)27-5-8-6-28-14-11(13(22)19(14)12(8)16(25)26)18-10(21)4-2-3-9(17)15(23)24;/h9,11,14H,2-6,17H2,1H3,(H,18,21)(H,23,24)(H,25,26);/q;+1/p-1. The topological polar surface area (TPSA) is 179 Å². The minimum atomic E-state index is -1.56. The SMILES string of the molecule is CC(=O)OCC1=C(C(=O)[O-])N2C(=O)C(NC(=O)CCCC(N)C(=O)O)C2SC1.[Na+]. The van der Waals surface area contributed by atoms with Crippen LogP contribution in [0.4, 0.5) is 0 Å². The average Bonchev–Trinajstić information content (AvgIpc) is 2.62. The molecule has 0 aromatic heterocycles. The number of esters is 1. The van der Waals surface area contributed by atoms with Crippen LogP contribution in [0.15, 0.2) is 11.3 Å². The number of fused-ring (bicyclic) bond motifs is 1. The fourth-order valence-corrected chi connectivity index (χ4v) is 4.15. The van der Waals surface area contributed by atoms with E-state index in [0.717, 1.165) is 4.90 Å². The van der Waals surface area contributed by atoms with Gasteiger partial charge in [-0.3, -0.25) is 24.1 Å². The van der Waals surface area contributed by atoms with Crippen molar-refractivity contribution in [2.75, 3.05) is 12.4 Å². The summed E-state index contributed by atoms with van der Waals surface area (Å²) in [7, 11) is 0. The first kappa shape index (κ1) is 25.4. The summed E-state index contributed by atoms with van der Waals surface area (Å²) < 4.78 is 4.82. The van der Waals surface area contributed by atoms with Crippen LogP contribution in [0.1, 0.15) is 26.2 Å². The monoisotopic (exact) mass is 437 g/mol. The molecule has 3 atom stereocenters. The summed E-state index contributed by atoms with van der Waals surface area (Å²) in [6.07, 6.45) is 0.338. The van der Waals surface area contributed by atoms with Gasteiger partial charge < -0.3 is 30.8 Å². The largest absolute Gasteiger partial charge is 1.00 e. The number of carboxylic acid groups (broad SMARTS) is 2. The van der Waals surface area contributed by atoms with E-state index in [1.54, 1.807) is 0 Å². The van der Waals surface area contributed by atoms with Crippen LogP contribution in [-0.2, 0) is 28.7 Å². The summed E-state index contributed by atoms with van der Waals surface area (Å²) in [6.45, 7) is 0.921. The number of nitrogens with zero attached hydrogens (tertiary/aromatic N) is 1. The van der Waals surface area contributed by atoms with Crippen LogP contribution in [0.2, 0.25) is 0 Å². The third-order valence-corrected chi connectivity index (χ3v) is 5.58. The molecule has 2 heterocycles. The number of thioether (sulfide) groups is 1. The van der Waals surface area contributed by atoms with Crippen LogP contribution in [0, 0.1) is 0 Å². The van der Waals surface area contributed by atoms with Gasteiger partial charge in [-0.25, -0.2) is 0 Å². The van der Waals surface area contributed by atoms with E-state index in [-0.39, 0.29) is 72.4 Å². The van der Waals surface area contributed by atoms with E-state index in [1.165, 1.54) is 18.7 Å². The van der Waals surface area contributed by atoms with Gasteiger partial charge in [0.25, 0.3) is 5.91 Å². The number of carboxylic acids is 2. The zero-order chi connectivity index (χ0) is 21.0. The van der Waals surface area contributed by atoms with Gasteiger partial charge in [0.1, 0.15) is 24.1 Å². The van der Waals surface area contributed by atoms with Gasteiger partial charge in [0.2, 0.25) is 5.91 Å². The summed E-state index contributed by atoms with van der Waals surface area (Å²) in [5, 5.41) is 22.1. The number of rotatable bonds is 9.